The van der Waals surface area contributed by atoms with Crippen LogP contribution in [-0.4, -0.2) is 33.2 Å². The Morgan fingerprint density at radius 1 is 1.11 bits per heavy atom. The molecule has 0 saturated heterocycles. The molecule has 0 aliphatic carbocycles. The van der Waals surface area contributed by atoms with Gasteiger partial charge in [-0.3, -0.25) is 4.98 Å². The zero-order valence-corrected chi connectivity index (χ0v) is 20.7. The monoisotopic (exact) mass is 493 g/mol. The summed E-state index contributed by atoms with van der Waals surface area (Å²) >= 11 is 0. The number of hydrogen-bond acceptors (Lipinski definition) is 7. The summed E-state index contributed by atoms with van der Waals surface area (Å²) < 4.78 is 21.4. The molecule has 0 saturated carbocycles. The fourth-order valence-electron chi connectivity index (χ4n) is 4.24. The number of benzene rings is 2. The van der Waals surface area contributed by atoms with Crippen LogP contribution in [0.25, 0.3) is 22.4 Å². The van der Waals surface area contributed by atoms with Crippen molar-refractivity contribution in [2.24, 2.45) is 0 Å². The summed E-state index contributed by atoms with van der Waals surface area (Å²) in [4.78, 5) is 13.3. The third kappa shape index (κ3) is 6.77. The standard InChI is InChI=1S/C26H29N4O4P/c1-2-8-20(19-9-4-3-5-10-19)17-24-29-30-26(34-24)23-13-12-21(25-22(23)11-6-15-28-25)18-27-14-7-16-33-35(31)32/h3-6,9-13,15,20,27H,2,7-8,14,16-18H2,1H3/p+1. The molecule has 182 valence electrons. The first kappa shape index (κ1) is 25.1. The molecule has 4 rings (SSSR count). The summed E-state index contributed by atoms with van der Waals surface area (Å²) in [6, 6.07) is 18.4. The molecule has 9 heteroatoms. The SMILES string of the molecule is CCCC(Cc1nnc(-c2ccc(CNCCCO[P+](=O)O)c3ncccc23)o1)c1ccccc1. The molecule has 0 spiro atoms. The molecule has 0 radical (unpaired) electrons. The van der Waals surface area contributed by atoms with Gasteiger partial charge in [-0.2, -0.15) is 0 Å². The fraction of sp³-hybridized carbons (Fsp3) is 0.346. The van der Waals surface area contributed by atoms with Crippen LogP contribution in [0.2, 0.25) is 0 Å². The molecule has 0 aliphatic heterocycles. The Morgan fingerprint density at radius 3 is 2.77 bits per heavy atom. The summed E-state index contributed by atoms with van der Waals surface area (Å²) in [7, 11) is -2.54. The van der Waals surface area contributed by atoms with Crippen molar-refractivity contribution in [3.8, 4) is 11.5 Å². The Bertz CT molecular complexity index is 1250. The third-order valence-corrected chi connectivity index (χ3v) is 6.30. The van der Waals surface area contributed by atoms with Gasteiger partial charge in [0.1, 0.15) is 6.61 Å². The van der Waals surface area contributed by atoms with E-state index in [1.54, 1.807) is 6.20 Å². The first-order valence-electron chi connectivity index (χ1n) is 11.9. The first-order chi connectivity index (χ1) is 17.2. The van der Waals surface area contributed by atoms with Crippen LogP contribution in [-0.2, 0) is 22.1 Å². The molecule has 2 unspecified atom stereocenters. The molecule has 0 aliphatic rings. The number of rotatable bonds is 13. The van der Waals surface area contributed by atoms with E-state index in [4.69, 9.17) is 9.31 Å². The first-order valence-corrected chi connectivity index (χ1v) is 13.0. The largest absolute Gasteiger partial charge is 0.694 e. The lowest BCUT2D eigenvalue weighted by Crippen LogP contribution is -2.16. The molecule has 2 aromatic heterocycles. The van der Waals surface area contributed by atoms with Crippen LogP contribution in [0.5, 0.6) is 0 Å². The van der Waals surface area contributed by atoms with E-state index in [0.29, 0.717) is 43.6 Å². The van der Waals surface area contributed by atoms with Crippen molar-refractivity contribution in [1.82, 2.24) is 20.5 Å². The van der Waals surface area contributed by atoms with Crippen LogP contribution in [0, 0.1) is 0 Å². The van der Waals surface area contributed by atoms with Crippen LogP contribution >= 0.6 is 8.25 Å². The number of aromatic nitrogens is 3. The van der Waals surface area contributed by atoms with Gasteiger partial charge in [-0.15, -0.1) is 19.6 Å². The minimum Gasteiger partial charge on any atom is -0.421 e. The minimum absolute atomic E-state index is 0.236. The lowest BCUT2D eigenvalue weighted by molar-refractivity contribution is 0.276. The highest BCUT2D eigenvalue weighted by atomic mass is 31.1. The van der Waals surface area contributed by atoms with Crippen LogP contribution in [0.4, 0.5) is 0 Å². The highest BCUT2D eigenvalue weighted by Crippen LogP contribution is 2.31. The minimum atomic E-state index is -2.54. The quantitative estimate of drug-likeness (QED) is 0.184. The van der Waals surface area contributed by atoms with E-state index in [9.17, 15) is 4.57 Å². The lowest BCUT2D eigenvalue weighted by atomic mass is 9.91. The Labute approximate surface area is 205 Å². The summed E-state index contributed by atoms with van der Waals surface area (Å²) in [5.41, 5.74) is 4.07. The number of fused-ring (bicyclic) bond motifs is 1. The Morgan fingerprint density at radius 2 is 1.97 bits per heavy atom. The maximum atomic E-state index is 10.6. The van der Waals surface area contributed by atoms with Crippen molar-refractivity contribution < 1.29 is 18.4 Å². The van der Waals surface area contributed by atoms with Crippen LogP contribution < -0.4 is 5.32 Å². The molecule has 2 aromatic carbocycles. The Balaban J connectivity index is 1.49. The van der Waals surface area contributed by atoms with Crippen molar-refractivity contribution >= 4 is 19.2 Å². The molecule has 4 aromatic rings. The van der Waals surface area contributed by atoms with E-state index in [-0.39, 0.29) is 6.61 Å². The third-order valence-electron chi connectivity index (χ3n) is 5.89. The average Bonchev–Trinajstić information content (AvgIpc) is 3.34. The molecule has 2 N–H and O–H groups in total. The molecule has 2 heterocycles. The predicted octanol–water partition coefficient (Wildman–Crippen LogP) is 5.56. The normalized spacial score (nSPS) is 12.7. The zero-order chi connectivity index (χ0) is 24.5. The van der Waals surface area contributed by atoms with E-state index in [1.165, 1.54) is 5.56 Å². The van der Waals surface area contributed by atoms with Crippen molar-refractivity contribution in [3.63, 3.8) is 0 Å². The second kappa shape index (κ2) is 12.6. The molecular formula is C26H30N4O4P+. The van der Waals surface area contributed by atoms with Gasteiger partial charge in [0.25, 0.3) is 0 Å². The highest BCUT2D eigenvalue weighted by Gasteiger charge is 2.18. The van der Waals surface area contributed by atoms with Gasteiger partial charge in [-0.25, -0.2) is 0 Å². The van der Waals surface area contributed by atoms with Crippen molar-refractivity contribution in [3.05, 3.63) is 77.8 Å². The van der Waals surface area contributed by atoms with Gasteiger partial charge < -0.3 is 9.73 Å². The number of nitrogens with one attached hydrogen (secondary N) is 1. The second-order valence-corrected chi connectivity index (χ2v) is 9.11. The fourth-order valence-corrected chi connectivity index (χ4v) is 4.52. The molecular weight excluding hydrogens is 463 g/mol. The molecule has 8 nitrogen and oxygen atoms in total. The van der Waals surface area contributed by atoms with Gasteiger partial charge in [-0.05, 0) is 48.6 Å². The van der Waals surface area contributed by atoms with Gasteiger partial charge in [0.05, 0.1) is 5.52 Å². The maximum absolute atomic E-state index is 10.6. The molecule has 0 fully saturated rings. The number of pyridine rings is 1. The average molecular weight is 494 g/mol. The maximum Gasteiger partial charge on any atom is 0.694 e. The van der Waals surface area contributed by atoms with Crippen molar-refractivity contribution in [2.75, 3.05) is 13.2 Å². The number of nitrogens with zero attached hydrogens (tertiary/aromatic N) is 3. The molecule has 2 atom stereocenters. The van der Waals surface area contributed by atoms with Gasteiger partial charge in [0.15, 0.2) is 0 Å². The van der Waals surface area contributed by atoms with Gasteiger partial charge in [-0.1, -0.05) is 55.8 Å². The summed E-state index contributed by atoms with van der Waals surface area (Å²) in [6.45, 7) is 3.70. The van der Waals surface area contributed by atoms with E-state index >= 15 is 0 Å². The van der Waals surface area contributed by atoms with Crippen LogP contribution in [0.15, 0.2) is 65.2 Å². The topological polar surface area (TPSA) is 110 Å². The second-order valence-electron chi connectivity index (χ2n) is 8.37. The van der Waals surface area contributed by atoms with E-state index < -0.39 is 8.25 Å². The lowest BCUT2D eigenvalue weighted by Gasteiger charge is -2.14. The molecule has 0 bridgehead atoms. The van der Waals surface area contributed by atoms with Crippen molar-refractivity contribution in [2.45, 2.75) is 45.1 Å². The van der Waals surface area contributed by atoms with Crippen LogP contribution in [0.1, 0.15) is 49.1 Å². The Hall–Kier alpha value is -3.03. The Kier molecular flexibility index (Phi) is 9.03. The van der Waals surface area contributed by atoms with Crippen LogP contribution in [0.3, 0.4) is 0 Å². The van der Waals surface area contributed by atoms with Gasteiger partial charge in [0, 0.05) is 34.7 Å². The van der Waals surface area contributed by atoms with Crippen molar-refractivity contribution in [1.29, 1.82) is 0 Å². The summed E-state index contributed by atoms with van der Waals surface area (Å²) in [6.07, 6.45) is 5.26. The highest BCUT2D eigenvalue weighted by molar-refractivity contribution is 7.32. The smallest absolute Gasteiger partial charge is 0.421 e. The van der Waals surface area contributed by atoms with Gasteiger partial charge in [0.2, 0.25) is 11.8 Å². The van der Waals surface area contributed by atoms with E-state index in [2.05, 4.69) is 56.2 Å². The molecule has 0 amide bonds. The summed E-state index contributed by atoms with van der Waals surface area (Å²) in [5.74, 6) is 1.47. The van der Waals surface area contributed by atoms with E-state index in [1.807, 2.05) is 30.3 Å². The van der Waals surface area contributed by atoms with Gasteiger partial charge >= 0.3 is 8.25 Å². The summed E-state index contributed by atoms with van der Waals surface area (Å²) in [5, 5.41) is 13.0. The number of hydrogen-bond donors (Lipinski definition) is 2. The predicted molar refractivity (Wildman–Crippen MR) is 135 cm³/mol. The molecule has 35 heavy (non-hydrogen) atoms. The zero-order valence-electron chi connectivity index (χ0n) is 19.8. The van der Waals surface area contributed by atoms with E-state index in [0.717, 1.165) is 34.9 Å².